The Bertz CT molecular complexity index is 1210. The van der Waals surface area contributed by atoms with Crippen molar-refractivity contribution in [1.29, 1.82) is 0 Å². The summed E-state index contributed by atoms with van der Waals surface area (Å²) in [7, 11) is 0. The summed E-state index contributed by atoms with van der Waals surface area (Å²) >= 11 is 0. The lowest BCUT2D eigenvalue weighted by Crippen LogP contribution is -2.34. The summed E-state index contributed by atoms with van der Waals surface area (Å²) in [5, 5.41) is 21.6. The van der Waals surface area contributed by atoms with Gasteiger partial charge in [-0.15, -0.1) is 5.11 Å². The van der Waals surface area contributed by atoms with Gasteiger partial charge in [-0.2, -0.15) is 5.11 Å². The number of amides is 1. The molecule has 0 aliphatic rings. The maximum absolute atomic E-state index is 13.7. The minimum atomic E-state index is -0.992. The molecule has 2 aromatic carbocycles. The fourth-order valence-electron chi connectivity index (χ4n) is 5.98. The van der Waals surface area contributed by atoms with Gasteiger partial charge in [-0.3, -0.25) is 4.79 Å². The zero-order chi connectivity index (χ0) is 34.6. The number of unbranched alkanes of at least 4 members (excludes halogenated alkanes) is 3. The molecule has 0 heterocycles. The fourth-order valence-corrected chi connectivity index (χ4v) is 5.98. The summed E-state index contributed by atoms with van der Waals surface area (Å²) in [6.07, 6.45) is 13.0. The third-order valence-electron chi connectivity index (χ3n) is 9.18. The SMILES string of the molecule is CCCCC(CC)CN(CC(CC)CCCC)c1cc(NC(=O)C(CC)CCCC)c(/N=N/c2ccc(C(=O)O)cc2)cc1OCC. The van der Waals surface area contributed by atoms with E-state index in [2.05, 4.69) is 68.1 Å². The van der Waals surface area contributed by atoms with Gasteiger partial charge in [-0.05, 0) is 74.8 Å². The number of nitrogens with one attached hydrogen (secondary N) is 1. The van der Waals surface area contributed by atoms with Gasteiger partial charge in [0, 0.05) is 25.1 Å². The van der Waals surface area contributed by atoms with Crippen LogP contribution in [0.15, 0.2) is 46.6 Å². The van der Waals surface area contributed by atoms with Crippen molar-refractivity contribution < 1.29 is 19.4 Å². The number of carbonyl (C=O) groups excluding carboxylic acids is 1. The van der Waals surface area contributed by atoms with Crippen LogP contribution in [0.25, 0.3) is 0 Å². The maximum atomic E-state index is 13.7. The van der Waals surface area contributed by atoms with Crippen LogP contribution in [0.4, 0.5) is 22.7 Å². The largest absolute Gasteiger partial charge is 0.492 e. The van der Waals surface area contributed by atoms with Gasteiger partial charge < -0.3 is 20.1 Å². The average Bonchev–Trinajstić information content (AvgIpc) is 3.08. The molecule has 0 bridgehead atoms. The predicted octanol–water partition coefficient (Wildman–Crippen LogP) is 11.6. The Morgan fingerprint density at radius 2 is 1.36 bits per heavy atom. The molecule has 0 radical (unpaired) electrons. The predicted molar refractivity (Wildman–Crippen MR) is 196 cm³/mol. The third-order valence-corrected chi connectivity index (χ3v) is 9.18. The first-order valence-corrected chi connectivity index (χ1v) is 18.4. The second kappa shape index (κ2) is 22.2. The van der Waals surface area contributed by atoms with E-state index in [1.54, 1.807) is 12.1 Å². The van der Waals surface area contributed by atoms with E-state index in [1.807, 2.05) is 13.0 Å². The highest BCUT2D eigenvalue weighted by Gasteiger charge is 2.24. The highest BCUT2D eigenvalue weighted by Crippen LogP contribution is 2.41. The molecule has 3 unspecified atom stereocenters. The Morgan fingerprint density at radius 1 is 0.787 bits per heavy atom. The molecule has 262 valence electrons. The van der Waals surface area contributed by atoms with Crippen molar-refractivity contribution in [3.8, 4) is 5.75 Å². The molecular weight excluding hydrogens is 588 g/mol. The normalized spacial score (nSPS) is 13.3. The van der Waals surface area contributed by atoms with Crippen molar-refractivity contribution in [2.45, 2.75) is 126 Å². The van der Waals surface area contributed by atoms with Gasteiger partial charge in [0.25, 0.3) is 0 Å². The molecular formula is C39H62N4O4. The van der Waals surface area contributed by atoms with Crippen LogP contribution in [-0.4, -0.2) is 36.7 Å². The highest BCUT2D eigenvalue weighted by atomic mass is 16.5. The van der Waals surface area contributed by atoms with E-state index >= 15 is 0 Å². The summed E-state index contributed by atoms with van der Waals surface area (Å²) in [4.78, 5) is 27.5. The van der Waals surface area contributed by atoms with E-state index in [-0.39, 0.29) is 17.4 Å². The molecule has 0 saturated carbocycles. The fraction of sp³-hybridized carbons (Fsp3) is 0.641. The molecule has 0 fully saturated rings. The first-order valence-electron chi connectivity index (χ1n) is 18.4. The van der Waals surface area contributed by atoms with E-state index in [0.717, 1.165) is 63.1 Å². The third kappa shape index (κ3) is 13.3. The van der Waals surface area contributed by atoms with E-state index in [9.17, 15) is 14.7 Å². The summed E-state index contributed by atoms with van der Waals surface area (Å²) in [6, 6.07) is 10.2. The summed E-state index contributed by atoms with van der Waals surface area (Å²) < 4.78 is 6.31. The van der Waals surface area contributed by atoms with E-state index in [0.29, 0.717) is 35.5 Å². The Labute approximate surface area is 284 Å². The first kappa shape index (κ1) is 39.8. The number of nitrogens with zero attached hydrogens (tertiary/aromatic N) is 3. The van der Waals surface area contributed by atoms with E-state index in [4.69, 9.17) is 4.74 Å². The van der Waals surface area contributed by atoms with Crippen LogP contribution in [0.3, 0.4) is 0 Å². The Hall–Kier alpha value is -3.42. The van der Waals surface area contributed by atoms with Gasteiger partial charge in [0.1, 0.15) is 11.4 Å². The number of azo groups is 1. The second-order valence-electron chi connectivity index (χ2n) is 12.8. The summed E-state index contributed by atoms with van der Waals surface area (Å²) in [5.74, 6) is 0.749. The van der Waals surface area contributed by atoms with Gasteiger partial charge in [0.15, 0.2) is 0 Å². The molecule has 0 aromatic heterocycles. The standard InChI is InChI=1S/C39H62N4O4/c1-8-15-18-29(11-4)27-43(28-30(12-5)19-16-9-2)36-25-34(40-38(44)31(13-6)20-17-10-3)35(26-37(36)47-14-7)42-41-33-23-21-32(22-24-33)39(45)46/h21-26,29-31H,8-20,27-28H2,1-7H3,(H,40,44)(H,45,46)/b42-41+. The smallest absolute Gasteiger partial charge is 0.335 e. The minimum absolute atomic E-state index is 0.00590. The number of carboxylic acid groups (broad SMARTS) is 1. The molecule has 47 heavy (non-hydrogen) atoms. The van der Waals surface area contributed by atoms with Crippen LogP contribution >= 0.6 is 0 Å². The molecule has 0 spiro atoms. The molecule has 8 heteroatoms. The topological polar surface area (TPSA) is 104 Å². The Morgan fingerprint density at radius 3 is 1.85 bits per heavy atom. The number of benzene rings is 2. The number of hydrogen-bond donors (Lipinski definition) is 2. The van der Waals surface area contributed by atoms with Crippen LogP contribution < -0.4 is 15.0 Å². The highest BCUT2D eigenvalue weighted by molar-refractivity contribution is 5.96. The van der Waals surface area contributed by atoms with Gasteiger partial charge in [0.05, 0.1) is 29.2 Å². The molecule has 1 amide bonds. The lowest BCUT2D eigenvalue weighted by molar-refractivity contribution is -0.120. The molecule has 2 rings (SSSR count). The van der Waals surface area contributed by atoms with E-state index < -0.39 is 5.97 Å². The number of hydrogen-bond acceptors (Lipinski definition) is 6. The van der Waals surface area contributed by atoms with Gasteiger partial charge >= 0.3 is 5.97 Å². The molecule has 2 N–H and O–H groups in total. The molecule has 0 aliphatic carbocycles. The van der Waals surface area contributed by atoms with Crippen LogP contribution in [0.1, 0.15) is 136 Å². The summed E-state index contributed by atoms with van der Waals surface area (Å²) in [6.45, 7) is 17.6. The zero-order valence-electron chi connectivity index (χ0n) is 30.3. The van der Waals surface area contributed by atoms with Crippen molar-refractivity contribution in [2.24, 2.45) is 28.0 Å². The number of aromatic carboxylic acids is 1. The number of carbonyl (C=O) groups is 2. The first-order chi connectivity index (χ1) is 22.7. The van der Waals surface area contributed by atoms with Crippen molar-refractivity contribution in [3.05, 3.63) is 42.0 Å². The average molecular weight is 651 g/mol. The van der Waals surface area contributed by atoms with Crippen LogP contribution in [0, 0.1) is 17.8 Å². The Balaban J connectivity index is 2.70. The molecule has 0 aliphatic heterocycles. The summed E-state index contributed by atoms with van der Waals surface area (Å²) in [5.41, 5.74) is 2.81. The Kier molecular flexibility index (Phi) is 18.8. The number of carboxylic acids is 1. The maximum Gasteiger partial charge on any atom is 0.335 e. The zero-order valence-corrected chi connectivity index (χ0v) is 30.3. The van der Waals surface area contributed by atoms with Crippen molar-refractivity contribution in [3.63, 3.8) is 0 Å². The number of anilines is 2. The van der Waals surface area contributed by atoms with Crippen LogP contribution in [0.5, 0.6) is 5.75 Å². The molecule has 0 saturated heterocycles. The monoisotopic (exact) mass is 650 g/mol. The minimum Gasteiger partial charge on any atom is -0.492 e. The van der Waals surface area contributed by atoms with Gasteiger partial charge in [-0.1, -0.05) is 92.9 Å². The molecule has 3 atom stereocenters. The van der Waals surface area contributed by atoms with E-state index in [1.165, 1.54) is 50.7 Å². The van der Waals surface area contributed by atoms with Crippen molar-refractivity contribution in [1.82, 2.24) is 0 Å². The van der Waals surface area contributed by atoms with Gasteiger partial charge in [0.2, 0.25) is 5.91 Å². The van der Waals surface area contributed by atoms with Crippen LogP contribution in [-0.2, 0) is 4.79 Å². The van der Waals surface area contributed by atoms with Crippen molar-refractivity contribution in [2.75, 3.05) is 29.9 Å². The quantitative estimate of drug-likeness (QED) is 0.110. The number of rotatable bonds is 24. The van der Waals surface area contributed by atoms with Crippen LogP contribution in [0.2, 0.25) is 0 Å². The molecule has 2 aromatic rings. The lowest BCUT2D eigenvalue weighted by atomic mass is 9.95. The van der Waals surface area contributed by atoms with Gasteiger partial charge in [-0.25, -0.2) is 4.79 Å². The second-order valence-corrected chi connectivity index (χ2v) is 12.8. The molecule has 8 nitrogen and oxygen atoms in total. The lowest BCUT2D eigenvalue weighted by Gasteiger charge is -2.34. The number of ether oxygens (including phenoxy) is 1. The van der Waals surface area contributed by atoms with Crippen molar-refractivity contribution >= 4 is 34.6 Å².